The summed E-state index contributed by atoms with van der Waals surface area (Å²) < 4.78 is 12.8. The fraction of sp³-hybridized carbons (Fsp3) is 0.0769. The van der Waals surface area contributed by atoms with Crippen molar-refractivity contribution in [3.05, 3.63) is 64.7 Å². The van der Waals surface area contributed by atoms with Crippen LogP contribution < -0.4 is 0 Å². The highest BCUT2D eigenvalue weighted by Crippen LogP contribution is 2.19. The van der Waals surface area contributed by atoms with E-state index in [0.29, 0.717) is 5.56 Å². The summed E-state index contributed by atoms with van der Waals surface area (Å²) in [6.07, 6.45) is 3.47. The third-order valence-electron chi connectivity index (χ3n) is 2.35. The van der Waals surface area contributed by atoms with Crippen molar-refractivity contribution in [3.8, 4) is 0 Å². The number of benzene rings is 1. The van der Waals surface area contributed by atoms with Crippen LogP contribution in [0.1, 0.15) is 15.9 Å². The minimum absolute atomic E-state index is 0.138. The summed E-state index contributed by atoms with van der Waals surface area (Å²) in [5, 5.41) is 0.143. The number of halogens is 2. The summed E-state index contributed by atoms with van der Waals surface area (Å²) in [6, 6.07) is 7.29. The number of rotatable bonds is 3. The number of pyridine rings is 1. The molecule has 2 aromatic rings. The van der Waals surface area contributed by atoms with E-state index >= 15 is 0 Å². The van der Waals surface area contributed by atoms with E-state index in [0.717, 1.165) is 11.6 Å². The number of aromatic nitrogens is 1. The molecule has 0 saturated heterocycles. The van der Waals surface area contributed by atoms with Gasteiger partial charge in [-0.15, -0.1) is 0 Å². The van der Waals surface area contributed by atoms with Crippen LogP contribution >= 0.6 is 11.6 Å². The minimum atomic E-state index is -0.449. The smallest absolute Gasteiger partial charge is 0.168 e. The van der Waals surface area contributed by atoms with Gasteiger partial charge in [0.2, 0.25) is 0 Å². The molecule has 0 N–H and O–H groups in total. The Morgan fingerprint density at radius 2 is 1.94 bits per heavy atom. The lowest BCUT2D eigenvalue weighted by Gasteiger charge is -2.03. The summed E-state index contributed by atoms with van der Waals surface area (Å²) in [4.78, 5) is 15.8. The maximum atomic E-state index is 12.8. The van der Waals surface area contributed by atoms with Gasteiger partial charge in [0, 0.05) is 24.4 Å². The maximum Gasteiger partial charge on any atom is 0.168 e. The summed E-state index contributed by atoms with van der Waals surface area (Å²) >= 11 is 5.82. The van der Waals surface area contributed by atoms with Crippen molar-refractivity contribution in [1.82, 2.24) is 4.98 Å². The molecule has 2 nitrogen and oxygen atoms in total. The monoisotopic (exact) mass is 249 g/mol. The van der Waals surface area contributed by atoms with Crippen molar-refractivity contribution < 1.29 is 9.18 Å². The zero-order chi connectivity index (χ0) is 12.3. The Bertz CT molecular complexity index is 542. The Morgan fingerprint density at radius 1 is 1.24 bits per heavy atom. The molecule has 1 aromatic heterocycles. The van der Waals surface area contributed by atoms with Crippen LogP contribution in [0, 0.1) is 5.82 Å². The number of nitrogens with zero attached hydrogens (tertiary/aromatic N) is 1. The number of carbonyl (C=O) groups excluding carboxylic acids is 1. The zero-order valence-electron chi connectivity index (χ0n) is 8.86. The molecular formula is C13H9ClFNO. The van der Waals surface area contributed by atoms with Crippen molar-refractivity contribution in [2.75, 3.05) is 0 Å². The quantitative estimate of drug-likeness (QED) is 0.782. The molecule has 1 aromatic carbocycles. The van der Waals surface area contributed by atoms with Crippen molar-refractivity contribution in [2.24, 2.45) is 0 Å². The van der Waals surface area contributed by atoms with E-state index in [1.807, 2.05) is 0 Å². The van der Waals surface area contributed by atoms with Gasteiger partial charge in [0.1, 0.15) is 5.82 Å². The molecule has 0 atom stereocenters. The molecule has 0 bridgehead atoms. The first-order valence-electron chi connectivity index (χ1n) is 5.04. The molecule has 4 heteroatoms. The van der Waals surface area contributed by atoms with E-state index in [2.05, 4.69) is 4.98 Å². The molecule has 0 spiro atoms. The summed E-state index contributed by atoms with van der Waals surface area (Å²) in [7, 11) is 0. The second-order valence-corrected chi connectivity index (χ2v) is 3.99. The molecule has 0 aliphatic heterocycles. The van der Waals surface area contributed by atoms with Crippen LogP contribution in [0.2, 0.25) is 5.02 Å². The third kappa shape index (κ3) is 2.88. The van der Waals surface area contributed by atoms with Gasteiger partial charge in [-0.25, -0.2) is 4.39 Å². The summed E-state index contributed by atoms with van der Waals surface area (Å²) in [5.74, 6) is -0.586. The van der Waals surface area contributed by atoms with Crippen LogP contribution in [-0.2, 0) is 6.42 Å². The Hall–Kier alpha value is -1.74. The number of hydrogen-bond acceptors (Lipinski definition) is 2. The van der Waals surface area contributed by atoms with Crippen LogP contribution in [0.15, 0.2) is 42.7 Å². The molecule has 0 aliphatic rings. The van der Waals surface area contributed by atoms with Crippen LogP contribution in [0.25, 0.3) is 0 Å². The topological polar surface area (TPSA) is 30.0 Å². The first-order chi connectivity index (χ1) is 8.16. The van der Waals surface area contributed by atoms with Crippen molar-refractivity contribution in [2.45, 2.75) is 6.42 Å². The second kappa shape index (κ2) is 5.06. The first kappa shape index (κ1) is 11.7. The fourth-order valence-corrected chi connectivity index (χ4v) is 1.77. The van der Waals surface area contributed by atoms with Gasteiger partial charge in [0.05, 0.1) is 5.02 Å². The Labute approximate surface area is 103 Å². The number of hydrogen-bond donors (Lipinski definition) is 0. The average molecular weight is 250 g/mol. The molecule has 0 saturated carbocycles. The standard InChI is InChI=1S/C13H9ClFNO/c14-12-8-10(15)1-2-11(12)13(17)7-9-3-5-16-6-4-9/h1-6,8H,7H2. The minimum Gasteiger partial charge on any atom is -0.294 e. The van der Waals surface area contributed by atoms with Crippen LogP contribution in [0.3, 0.4) is 0 Å². The molecule has 17 heavy (non-hydrogen) atoms. The van der Waals surface area contributed by atoms with Gasteiger partial charge < -0.3 is 0 Å². The lowest BCUT2D eigenvalue weighted by atomic mass is 10.0. The molecule has 0 amide bonds. The van der Waals surface area contributed by atoms with E-state index in [1.54, 1.807) is 24.5 Å². The molecule has 0 fully saturated rings. The van der Waals surface area contributed by atoms with E-state index in [-0.39, 0.29) is 17.2 Å². The normalized spacial score (nSPS) is 10.2. The second-order valence-electron chi connectivity index (χ2n) is 3.58. The summed E-state index contributed by atoms with van der Waals surface area (Å²) in [5.41, 5.74) is 1.19. The van der Waals surface area contributed by atoms with E-state index in [9.17, 15) is 9.18 Å². The van der Waals surface area contributed by atoms with Gasteiger partial charge in [-0.3, -0.25) is 9.78 Å². The maximum absolute atomic E-state index is 12.8. The van der Waals surface area contributed by atoms with E-state index in [4.69, 9.17) is 11.6 Å². The van der Waals surface area contributed by atoms with Gasteiger partial charge >= 0.3 is 0 Å². The Balaban J connectivity index is 2.21. The molecule has 0 aliphatic carbocycles. The van der Waals surface area contributed by atoms with Crippen LogP contribution in [0.4, 0.5) is 4.39 Å². The molecule has 0 unspecified atom stereocenters. The van der Waals surface area contributed by atoms with Gasteiger partial charge in [-0.05, 0) is 35.9 Å². The Morgan fingerprint density at radius 3 is 2.59 bits per heavy atom. The first-order valence-corrected chi connectivity index (χ1v) is 5.42. The highest BCUT2D eigenvalue weighted by molar-refractivity contribution is 6.34. The SMILES string of the molecule is O=C(Cc1ccncc1)c1ccc(F)cc1Cl. The van der Waals surface area contributed by atoms with Gasteiger partial charge in [-0.2, -0.15) is 0 Å². The molecule has 1 heterocycles. The predicted molar refractivity (Wildman–Crippen MR) is 63.7 cm³/mol. The summed E-state index contributed by atoms with van der Waals surface area (Å²) in [6.45, 7) is 0. The lowest BCUT2D eigenvalue weighted by Crippen LogP contribution is -2.04. The van der Waals surface area contributed by atoms with Crippen molar-refractivity contribution in [1.29, 1.82) is 0 Å². The molecule has 2 rings (SSSR count). The van der Waals surface area contributed by atoms with Crippen LogP contribution in [-0.4, -0.2) is 10.8 Å². The highest BCUT2D eigenvalue weighted by Gasteiger charge is 2.11. The lowest BCUT2D eigenvalue weighted by molar-refractivity contribution is 0.0993. The van der Waals surface area contributed by atoms with Gasteiger partial charge in [-0.1, -0.05) is 11.6 Å². The van der Waals surface area contributed by atoms with E-state index < -0.39 is 5.82 Å². The number of ketones is 1. The molecule has 86 valence electrons. The fourth-order valence-electron chi connectivity index (χ4n) is 1.50. The van der Waals surface area contributed by atoms with Crippen molar-refractivity contribution >= 4 is 17.4 Å². The molecular weight excluding hydrogens is 241 g/mol. The largest absolute Gasteiger partial charge is 0.294 e. The van der Waals surface area contributed by atoms with Gasteiger partial charge in [0.15, 0.2) is 5.78 Å². The number of carbonyl (C=O) groups is 1. The Kier molecular flexibility index (Phi) is 3.49. The zero-order valence-corrected chi connectivity index (χ0v) is 9.62. The van der Waals surface area contributed by atoms with Crippen LogP contribution in [0.5, 0.6) is 0 Å². The molecule has 0 radical (unpaired) electrons. The average Bonchev–Trinajstić information content (AvgIpc) is 2.30. The van der Waals surface area contributed by atoms with Crippen molar-refractivity contribution in [3.63, 3.8) is 0 Å². The third-order valence-corrected chi connectivity index (χ3v) is 2.66. The van der Waals surface area contributed by atoms with Gasteiger partial charge in [0.25, 0.3) is 0 Å². The predicted octanol–water partition coefficient (Wildman–Crippen LogP) is 3.30. The van der Waals surface area contributed by atoms with E-state index in [1.165, 1.54) is 12.1 Å². The number of Topliss-reactive ketones (excluding diaryl/α,β-unsaturated/α-hetero) is 1. The highest BCUT2D eigenvalue weighted by atomic mass is 35.5.